The minimum Gasteiger partial charge on any atom is -0.462 e. The van der Waals surface area contributed by atoms with Crippen molar-refractivity contribution in [1.82, 2.24) is 10.3 Å². The highest BCUT2D eigenvalue weighted by atomic mass is 16.5. The van der Waals surface area contributed by atoms with E-state index in [4.69, 9.17) is 4.74 Å². The van der Waals surface area contributed by atoms with E-state index in [0.29, 0.717) is 28.9 Å². The summed E-state index contributed by atoms with van der Waals surface area (Å²) in [5.74, 6) is -3.35. The SMILES string of the molecule is CCOC(=O)c1ccc(N2C(=O)[C@@H]3[C@H](Cc4c[nH]c5ccccc45)N[C@]4(C(=O)Nc5c(C)cc(C)cc54)[C@@H]3C2=O)cc1. The van der Waals surface area contributed by atoms with E-state index >= 15 is 0 Å². The molecule has 3 aliphatic rings. The molecular weight excluding hydrogens is 532 g/mol. The van der Waals surface area contributed by atoms with E-state index in [9.17, 15) is 19.2 Å². The van der Waals surface area contributed by atoms with Crippen LogP contribution in [0.25, 0.3) is 10.9 Å². The van der Waals surface area contributed by atoms with Crippen molar-refractivity contribution in [1.29, 1.82) is 0 Å². The zero-order valence-electron chi connectivity index (χ0n) is 23.5. The smallest absolute Gasteiger partial charge is 0.338 e. The molecule has 42 heavy (non-hydrogen) atoms. The lowest BCUT2D eigenvalue weighted by Gasteiger charge is -2.30. The molecule has 212 valence electrons. The number of aryl methyl sites for hydroxylation is 2. The van der Waals surface area contributed by atoms with Gasteiger partial charge in [0, 0.05) is 34.4 Å². The Balaban J connectivity index is 1.34. The van der Waals surface area contributed by atoms with Gasteiger partial charge in [-0.05, 0) is 68.7 Å². The lowest BCUT2D eigenvalue weighted by molar-refractivity contribution is -0.130. The molecule has 1 aromatic heterocycles. The molecule has 7 rings (SSSR count). The third-order valence-corrected chi connectivity index (χ3v) is 8.92. The molecular formula is C33H30N4O5. The first-order chi connectivity index (χ1) is 20.2. The monoisotopic (exact) mass is 562 g/mol. The van der Waals surface area contributed by atoms with E-state index in [1.807, 2.05) is 56.4 Å². The molecule has 4 aromatic rings. The van der Waals surface area contributed by atoms with Gasteiger partial charge in [-0.25, -0.2) is 9.69 Å². The highest BCUT2D eigenvalue weighted by molar-refractivity contribution is 6.26. The summed E-state index contributed by atoms with van der Waals surface area (Å²) in [4.78, 5) is 59.3. The average Bonchev–Trinajstić information content (AvgIpc) is 3.68. The van der Waals surface area contributed by atoms with Crippen molar-refractivity contribution in [3.63, 3.8) is 0 Å². The molecule has 1 spiro atoms. The number of aromatic amines is 1. The molecule has 2 saturated heterocycles. The largest absolute Gasteiger partial charge is 0.462 e. The molecule has 3 amide bonds. The van der Waals surface area contributed by atoms with Crippen LogP contribution in [0, 0.1) is 25.7 Å². The topological polar surface area (TPSA) is 121 Å². The van der Waals surface area contributed by atoms with E-state index in [2.05, 4.69) is 15.6 Å². The van der Waals surface area contributed by atoms with Crippen LogP contribution < -0.4 is 15.5 Å². The third kappa shape index (κ3) is 3.59. The lowest BCUT2D eigenvalue weighted by Crippen LogP contribution is -2.53. The number of para-hydroxylation sites is 1. The second-order valence-electron chi connectivity index (χ2n) is 11.4. The van der Waals surface area contributed by atoms with Crippen molar-refractivity contribution in [2.75, 3.05) is 16.8 Å². The molecule has 9 nitrogen and oxygen atoms in total. The van der Waals surface area contributed by atoms with Gasteiger partial charge in [0.25, 0.3) is 0 Å². The van der Waals surface area contributed by atoms with E-state index in [-0.39, 0.29) is 18.4 Å². The van der Waals surface area contributed by atoms with Crippen LogP contribution in [-0.2, 0) is 31.1 Å². The zero-order chi connectivity index (χ0) is 29.3. The summed E-state index contributed by atoms with van der Waals surface area (Å²) in [6.07, 6.45) is 2.37. The van der Waals surface area contributed by atoms with Crippen LogP contribution in [0.2, 0.25) is 0 Å². The fraction of sp³-hybridized carbons (Fsp3) is 0.273. The van der Waals surface area contributed by atoms with Crippen molar-refractivity contribution < 1.29 is 23.9 Å². The number of H-pyrrole nitrogens is 1. The van der Waals surface area contributed by atoms with E-state index in [0.717, 1.165) is 27.6 Å². The number of aromatic nitrogens is 1. The number of fused-ring (bicyclic) bond motifs is 5. The Morgan fingerprint density at radius 1 is 1.00 bits per heavy atom. The summed E-state index contributed by atoms with van der Waals surface area (Å²) in [5, 5.41) is 7.61. The number of hydrogen-bond acceptors (Lipinski definition) is 6. The van der Waals surface area contributed by atoms with Gasteiger partial charge in [0.1, 0.15) is 5.54 Å². The van der Waals surface area contributed by atoms with E-state index in [1.54, 1.807) is 31.2 Å². The van der Waals surface area contributed by atoms with Crippen molar-refractivity contribution in [3.8, 4) is 0 Å². The lowest BCUT2D eigenvalue weighted by atomic mass is 9.75. The highest BCUT2D eigenvalue weighted by Crippen LogP contribution is 2.54. The second-order valence-corrected chi connectivity index (χ2v) is 11.4. The van der Waals surface area contributed by atoms with Gasteiger partial charge >= 0.3 is 5.97 Å². The molecule has 4 heterocycles. The van der Waals surface area contributed by atoms with Gasteiger partial charge in [0.2, 0.25) is 17.7 Å². The molecule has 0 aliphatic carbocycles. The highest BCUT2D eigenvalue weighted by Gasteiger charge is 2.70. The van der Waals surface area contributed by atoms with Gasteiger partial charge in [-0.3, -0.25) is 19.7 Å². The molecule has 0 saturated carbocycles. The van der Waals surface area contributed by atoms with E-state index in [1.165, 1.54) is 4.90 Å². The zero-order valence-corrected chi connectivity index (χ0v) is 23.5. The number of hydrogen-bond donors (Lipinski definition) is 3. The molecule has 2 fully saturated rings. The quantitative estimate of drug-likeness (QED) is 0.249. The number of carbonyl (C=O) groups excluding carboxylic acids is 4. The Morgan fingerprint density at radius 2 is 1.76 bits per heavy atom. The minimum atomic E-state index is -1.40. The van der Waals surface area contributed by atoms with Gasteiger partial charge in [-0.1, -0.05) is 35.9 Å². The van der Waals surface area contributed by atoms with Gasteiger partial charge in [0.15, 0.2) is 0 Å². The van der Waals surface area contributed by atoms with Crippen molar-refractivity contribution in [3.05, 3.63) is 94.7 Å². The van der Waals surface area contributed by atoms with Crippen LogP contribution >= 0.6 is 0 Å². The summed E-state index contributed by atoms with van der Waals surface area (Å²) in [5.41, 5.74) is 4.49. The Labute approximate surface area is 242 Å². The fourth-order valence-corrected chi connectivity index (χ4v) is 7.19. The van der Waals surface area contributed by atoms with Crippen LogP contribution in [0.15, 0.2) is 66.9 Å². The van der Waals surface area contributed by atoms with Gasteiger partial charge in [-0.2, -0.15) is 0 Å². The maximum Gasteiger partial charge on any atom is 0.338 e. The number of nitrogens with one attached hydrogen (secondary N) is 3. The molecule has 0 radical (unpaired) electrons. The summed E-state index contributed by atoms with van der Waals surface area (Å²) in [6, 6.07) is 17.6. The first-order valence-electron chi connectivity index (χ1n) is 14.2. The normalized spacial score (nSPS) is 24.4. The number of nitrogens with zero attached hydrogens (tertiary/aromatic N) is 1. The maximum absolute atomic E-state index is 14.4. The fourth-order valence-electron chi connectivity index (χ4n) is 7.19. The first kappa shape index (κ1) is 26.2. The Kier molecular flexibility index (Phi) is 5.85. The predicted octanol–water partition coefficient (Wildman–Crippen LogP) is 4.13. The van der Waals surface area contributed by atoms with Crippen LogP contribution in [0.4, 0.5) is 11.4 Å². The summed E-state index contributed by atoms with van der Waals surface area (Å²) >= 11 is 0. The number of benzene rings is 3. The summed E-state index contributed by atoms with van der Waals surface area (Å²) in [6.45, 7) is 5.85. The summed E-state index contributed by atoms with van der Waals surface area (Å²) in [7, 11) is 0. The van der Waals surface area contributed by atoms with Crippen LogP contribution in [0.1, 0.15) is 39.5 Å². The van der Waals surface area contributed by atoms with Crippen LogP contribution in [0.3, 0.4) is 0 Å². The first-order valence-corrected chi connectivity index (χ1v) is 14.2. The van der Waals surface area contributed by atoms with Gasteiger partial charge < -0.3 is 15.0 Å². The van der Waals surface area contributed by atoms with Crippen molar-refractivity contribution in [2.24, 2.45) is 11.8 Å². The molecule has 9 heteroatoms. The summed E-state index contributed by atoms with van der Waals surface area (Å²) < 4.78 is 5.08. The predicted molar refractivity (Wildman–Crippen MR) is 157 cm³/mol. The molecule has 4 atom stereocenters. The number of carbonyl (C=O) groups is 4. The second kappa shape index (κ2) is 9.39. The standard InChI is InChI=1S/C33H30N4O5/c1-4-42-31(40)19-9-11-21(12-10-19)37-29(38)26-25(15-20-16-34-24-8-6-5-7-22(20)24)36-33(27(26)30(37)39)23-14-17(2)13-18(3)28(23)35-32(33)41/h5-14,16,25-27,34,36H,4,15H2,1-3H3,(H,35,41)/t25-,26+,27-,33-/m0/s1. The number of anilines is 2. The molecule has 3 N–H and O–H groups in total. The van der Waals surface area contributed by atoms with Crippen LogP contribution in [-0.4, -0.2) is 41.3 Å². The molecule has 0 bridgehead atoms. The molecule has 3 aromatic carbocycles. The number of imide groups is 1. The number of ether oxygens (including phenoxy) is 1. The average molecular weight is 563 g/mol. The van der Waals surface area contributed by atoms with E-state index < -0.39 is 35.3 Å². The maximum atomic E-state index is 14.4. The molecule has 0 unspecified atom stereocenters. The third-order valence-electron chi connectivity index (χ3n) is 8.92. The Hall–Kier alpha value is -4.76. The Morgan fingerprint density at radius 3 is 2.52 bits per heavy atom. The van der Waals surface area contributed by atoms with Gasteiger partial charge in [-0.15, -0.1) is 0 Å². The van der Waals surface area contributed by atoms with Crippen LogP contribution in [0.5, 0.6) is 0 Å². The number of amides is 3. The molecule has 3 aliphatic heterocycles. The number of esters is 1. The van der Waals surface area contributed by atoms with Gasteiger partial charge in [0.05, 0.1) is 29.7 Å². The van der Waals surface area contributed by atoms with Crippen molar-refractivity contribution >= 4 is 46.0 Å². The Bertz CT molecular complexity index is 1810. The van der Waals surface area contributed by atoms with Crippen molar-refractivity contribution in [2.45, 2.75) is 38.8 Å². The minimum absolute atomic E-state index is 0.239. The number of rotatable bonds is 5.